The number of carbonyl (C=O) groups is 1. The lowest BCUT2D eigenvalue weighted by Gasteiger charge is -2.22. The van der Waals surface area contributed by atoms with Gasteiger partial charge in [-0.2, -0.15) is 0 Å². The number of carboxylic acids is 1. The molecular formula is C17H27NO2. The Morgan fingerprint density at radius 1 is 1.15 bits per heavy atom. The number of nitrogens with zero attached hydrogens (tertiary/aromatic N) is 1. The molecule has 3 heteroatoms. The third-order valence-corrected chi connectivity index (χ3v) is 3.45. The van der Waals surface area contributed by atoms with Crippen LogP contribution in [0.1, 0.15) is 38.7 Å². The molecule has 0 amide bonds. The number of aryl methyl sites for hydroxylation is 1. The minimum atomic E-state index is -0.706. The van der Waals surface area contributed by atoms with Crippen LogP contribution in [0.3, 0.4) is 0 Å². The molecule has 3 nitrogen and oxygen atoms in total. The highest BCUT2D eigenvalue weighted by molar-refractivity contribution is 5.66. The van der Waals surface area contributed by atoms with Crippen LogP contribution in [0.4, 0.5) is 0 Å². The Bertz CT molecular complexity index is 376. The third kappa shape index (κ3) is 7.95. The van der Waals surface area contributed by atoms with Crippen LogP contribution in [0.15, 0.2) is 30.3 Å². The molecule has 20 heavy (non-hydrogen) atoms. The van der Waals surface area contributed by atoms with Gasteiger partial charge in [-0.1, -0.05) is 44.2 Å². The molecule has 1 aromatic carbocycles. The van der Waals surface area contributed by atoms with Gasteiger partial charge in [-0.25, -0.2) is 0 Å². The standard InChI is InChI=1S/C17H27NO2/c1-15(2)10-13-18(14-11-17(19)20)12-6-9-16-7-4-3-5-8-16/h3-5,7-8,15H,6,9-14H2,1-2H3,(H,19,20). The van der Waals surface area contributed by atoms with E-state index in [1.54, 1.807) is 0 Å². The normalized spacial score (nSPS) is 11.2. The number of benzene rings is 1. The fraction of sp³-hybridized carbons (Fsp3) is 0.588. The van der Waals surface area contributed by atoms with Crippen molar-refractivity contribution in [2.45, 2.75) is 39.5 Å². The van der Waals surface area contributed by atoms with E-state index in [1.807, 2.05) is 6.07 Å². The molecule has 0 bridgehead atoms. The summed E-state index contributed by atoms with van der Waals surface area (Å²) in [5.41, 5.74) is 1.36. The number of hydrogen-bond acceptors (Lipinski definition) is 2. The molecule has 0 saturated heterocycles. The molecule has 0 aromatic heterocycles. The van der Waals surface area contributed by atoms with Gasteiger partial charge in [-0.15, -0.1) is 0 Å². The molecule has 0 radical (unpaired) electrons. The van der Waals surface area contributed by atoms with E-state index in [1.165, 1.54) is 5.56 Å². The molecule has 0 fully saturated rings. The Labute approximate surface area is 122 Å². The predicted octanol–water partition coefficient (Wildman–Crippen LogP) is 3.44. The first-order valence-electron chi connectivity index (χ1n) is 7.56. The highest BCUT2D eigenvalue weighted by atomic mass is 16.4. The Balaban J connectivity index is 2.32. The van der Waals surface area contributed by atoms with Gasteiger partial charge in [0.25, 0.3) is 0 Å². The average molecular weight is 277 g/mol. The van der Waals surface area contributed by atoms with Crippen molar-refractivity contribution in [1.82, 2.24) is 4.90 Å². The van der Waals surface area contributed by atoms with Crippen molar-refractivity contribution in [2.24, 2.45) is 5.92 Å². The molecular weight excluding hydrogens is 250 g/mol. The Hall–Kier alpha value is -1.35. The lowest BCUT2D eigenvalue weighted by atomic mass is 10.1. The van der Waals surface area contributed by atoms with E-state index in [4.69, 9.17) is 5.11 Å². The molecule has 0 aliphatic rings. The molecule has 1 rings (SSSR count). The predicted molar refractivity (Wildman–Crippen MR) is 82.9 cm³/mol. The zero-order valence-electron chi connectivity index (χ0n) is 12.7. The number of hydrogen-bond donors (Lipinski definition) is 1. The van der Waals surface area contributed by atoms with E-state index in [0.717, 1.165) is 32.4 Å². The smallest absolute Gasteiger partial charge is 0.304 e. The molecule has 0 unspecified atom stereocenters. The minimum Gasteiger partial charge on any atom is -0.481 e. The Morgan fingerprint density at radius 2 is 1.85 bits per heavy atom. The first-order chi connectivity index (χ1) is 9.58. The van der Waals surface area contributed by atoms with Crippen LogP contribution in [0.25, 0.3) is 0 Å². The Morgan fingerprint density at radius 3 is 2.45 bits per heavy atom. The summed E-state index contributed by atoms with van der Waals surface area (Å²) >= 11 is 0. The second kappa shape index (κ2) is 9.54. The van der Waals surface area contributed by atoms with E-state index in [0.29, 0.717) is 12.5 Å². The highest BCUT2D eigenvalue weighted by Crippen LogP contribution is 2.07. The first kappa shape index (κ1) is 16.7. The summed E-state index contributed by atoms with van der Waals surface area (Å²) in [5.74, 6) is -0.0425. The van der Waals surface area contributed by atoms with Crippen molar-refractivity contribution in [2.75, 3.05) is 19.6 Å². The Kier molecular flexibility index (Phi) is 7.97. The molecule has 1 N–H and O–H groups in total. The fourth-order valence-corrected chi connectivity index (χ4v) is 2.18. The lowest BCUT2D eigenvalue weighted by molar-refractivity contribution is -0.137. The highest BCUT2D eigenvalue weighted by Gasteiger charge is 2.08. The minimum absolute atomic E-state index is 0.240. The average Bonchev–Trinajstić information content (AvgIpc) is 2.42. The van der Waals surface area contributed by atoms with Crippen molar-refractivity contribution in [3.05, 3.63) is 35.9 Å². The van der Waals surface area contributed by atoms with Crippen LogP contribution < -0.4 is 0 Å². The van der Waals surface area contributed by atoms with Gasteiger partial charge in [-0.3, -0.25) is 4.79 Å². The maximum atomic E-state index is 10.7. The second-order valence-electron chi connectivity index (χ2n) is 5.76. The van der Waals surface area contributed by atoms with Gasteiger partial charge in [0.2, 0.25) is 0 Å². The molecule has 1 aromatic rings. The van der Waals surface area contributed by atoms with Gasteiger partial charge < -0.3 is 10.0 Å². The van der Waals surface area contributed by atoms with Gasteiger partial charge in [-0.05, 0) is 43.8 Å². The van der Waals surface area contributed by atoms with Crippen LogP contribution in [0.5, 0.6) is 0 Å². The lowest BCUT2D eigenvalue weighted by Crippen LogP contribution is -2.29. The van der Waals surface area contributed by atoms with Gasteiger partial charge in [0, 0.05) is 6.54 Å². The largest absolute Gasteiger partial charge is 0.481 e. The maximum Gasteiger partial charge on any atom is 0.304 e. The van der Waals surface area contributed by atoms with Crippen molar-refractivity contribution in [1.29, 1.82) is 0 Å². The summed E-state index contributed by atoms with van der Waals surface area (Å²) in [6, 6.07) is 10.5. The van der Waals surface area contributed by atoms with Crippen LogP contribution in [0, 0.1) is 5.92 Å². The summed E-state index contributed by atoms with van der Waals surface area (Å²) < 4.78 is 0. The summed E-state index contributed by atoms with van der Waals surface area (Å²) in [7, 11) is 0. The summed E-state index contributed by atoms with van der Waals surface area (Å²) in [6.45, 7) is 7.06. The van der Waals surface area contributed by atoms with E-state index >= 15 is 0 Å². The second-order valence-corrected chi connectivity index (χ2v) is 5.76. The van der Waals surface area contributed by atoms with E-state index in [2.05, 4.69) is 43.0 Å². The maximum absolute atomic E-state index is 10.7. The van der Waals surface area contributed by atoms with Crippen LogP contribution in [-0.2, 0) is 11.2 Å². The van der Waals surface area contributed by atoms with E-state index in [-0.39, 0.29) is 6.42 Å². The summed E-state index contributed by atoms with van der Waals surface area (Å²) in [6.07, 6.45) is 3.52. The topological polar surface area (TPSA) is 40.5 Å². The molecule has 0 atom stereocenters. The van der Waals surface area contributed by atoms with Crippen LogP contribution in [0.2, 0.25) is 0 Å². The number of carboxylic acid groups (broad SMARTS) is 1. The summed E-state index contributed by atoms with van der Waals surface area (Å²) in [5, 5.41) is 8.82. The molecule has 0 heterocycles. The molecule has 0 aliphatic carbocycles. The zero-order valence-corrected chi connectivity index (χ0v) is 12.7. The van der Waals surface area contributed by atoms with E-state index in [9.17, 15) is 4.79 Å². The van der Waals surface area contributed by atoms with Gasteiger partial charge >= 0.3 is 5.97 Å². The van der Waals surface area contributed by atoms with Gasteiger partial charge in [0.15, 0.2) is 0 Å². The third-order valence-electron chi connectivity index (χ3n) is 3.45. The number of rotatable bonds is 10. The molecule has 0 saturated carbocycles. The molecule has 112 valence electrons. The van der Waals surface area contributed by atoms with E-state index < -0.39 is 5.97 Å². The van der Waals surface area contributed by atoms with Crippen molar-refractivity contribution >= 4 is 5.97 Å². The van der Waals surface area contributed by atoms with Crippen molar-refractivity contribution < 1.29 is 9.90 Å². The SMILES string of the molecule is CC(C)CCN(CCCc1ccccc1)CCC(=O)O. The monoisotopic (exact) mass is 277 g/mol. The zero-order chi connectivity index (χ0) is 14.8. The number of aliphatic carboxylic acids is 1. The summed E-state index contributed by atoms with van der Waals surface area (Å²) in [4.78, 5) is 13.0. The van der Waals surface area contributed by atoms with Crippen LogP contribution in [-0.4, -0.2) is 35.6 Å². The quantitative estimate of drug-likeness (QED) is 0.712. The molecule has 0 aliphatic heterocycles. The van der Waals surface area contributed by atoms with Gasteiger partial charge in [0.1, 0.15) is 0 Å². The first-order valence-corrected chi connectivity index (χ1v) is 7.56. The van der Waals surface area contributed by atoms with Gasteiger partial charge in [0.05, 0.1) is 6.42 Å². The van der Waals surface area contributed by atoms with Crippen molar-refractivity contribution in [3.8, 4) is 0 Å². The van der Waals surface area contributed by atoms with Crippen molar-refractivity contribution in [3.63, 3.8) is 0 Å². The fourth-order valence-electron chi connectivity index (χ4n) is 2.18. The molecule has 0 spiro atoms. The van der Waals surface area contributed by atoms with Crippen LogP contribution >= 0.6 is 0 Å².